The van der Waals surface area contributed by atoms with Crippen LogP contribution in [0.2, 0.25) is 0 Å². The average Bonchev–Trinajstić information content (AvgIpc) is 2.87. The monoisotopic (exact) mass is 450 g/mol. The van der Waals surface area contributed by atoms with Crippen molar-refractivity contribution in [3.05, 3.63) is 114 Å². The van der Waals surface area contributed by atoms with Gasteiger partial charge in [0.2, 0.25) is 0 Å². The number of fused-ring (bicyclic) bond motifs is 1. The van der Waals surface area contributed by atoms with Crippen LogP contribution in [0.3, 0.4) is 0 Å². The molecule has 0 fully saturated rings. The molecule has 0 unspecified atom stereocenters. The second-order valence-corrected chi connectivity index (χ2v) is 8.19. The molecule has 0 amide bonds. The minimum absolute atomic E-state index is 0.148. The van der Waals surface area contributed by atoms with Crippen molar-refractivity contribution in [3.63, 3.8) is 0 Å². The first kappa shape index (κ1) is 23.3. The topological polar surface area (TPSA) is 35.5 Å². The minimum atomic E-state index is -0.148. The largest absolute Gasteiger partial charge is 0.466 e. The number of carbonyl (C=O) groups excluding carboxylic acids is 1. The van der Waals surface area contributed by atoms with Crippen LogP contribution in [0.15, 0.2) is 103 Å². The molecule has 0 saturated carbocycles. The number of para-hydroxylation sites is 1. The van der Waals surface area contributed by atoms with Crippen LogP contribution in [0.4, 0.5) is 0 Å². The van der Waals surface area contributed by atoms with Crippen molar-refractivity contribution in [2.24, 2.45) is 0 Å². The summed E-state index contributed by atoms with van der Waals surface area (Å²) in [5.41, 5.74) is 3.70. The lowest BCUT2D eigenvalue weighted by Gasteiger charge is -2.11. The molecule has 0 N–H and O–H groups in total. The highest BCUT2D eigenvalue weighted by Crippen LogP contribution is 2.27. The van der Waals surface area contributed by atoms with E-state index < -0.39 is 0 Å². The molecule has 4 rings (SSSR count). The van der Waals surface area contributed by atoms with Gasteiger partial charge in [0.25, 0.3) is 0 Å². The summed E-state index contributed by atoms with van der Waals surface area (Å²) in [6.07, 6.45) is 5.05. The molecule has 3 heteroatoms. The van der Waals surface area contributed by atoms with Gasteiger partial charge in [0.05, 0.1) is 6.61 Å². The number of esters is 1. The zero-order chi connectivity index (χ0) is 23.6. The molecule has 0 aliphatic rings. The Balaban J connectivity index is 1.46. The molecule has 3 nitrogen and oxygen atoms in total. The maximum Gasteiger partial charge on any atom is 0.306 e. The normalized spacial score (nSPS) is 11.4. The van der Waals surface area contributed by atoms with E-state index in [1.807, 2.05) is 49.4 Å². The molecule has 172 valence electrons. The number of aryl methyl sites for hydroxylation is 1. The molecule has 0 aliphatic carbocycles. The van der Waals surface area contributed by atoms with Gasteiger partial charge in [-0.25, -0.2) is 0 Å². The number of rotatable bonds is 10. The standard InChI is InChI=1S/C31H30O3/c1-2-33-31(32)14-8-11-26(28-20-19-25-9-6-7-10-27(25)23-28)18-15-24-16-21-30(22-17-24)34-29-12-4-3-5-13-29/h3-7,9-13,16-17,19-23H,2,8,14-15,18H2,1H3/b26-11-. The van der Waals surface area contributed by atoms with Crippen molar-refractivity contribution in [3.8, 4) is 11.5 Å². The first-order valence-electron chi connectivity index (χ1n) is 11.9. The van der Waals surface area contributed by atoms with E-state index in [0.29, 0.717) is 19.4 Å². The summed E-state index contributed by atoms with van der Waals surface area (Å²) in [6, 6.07) is 33.0. The van der Waals surface area contributed by atoms with E-state index in [4.69, 9.17) is 9.47 Å². The van der Waals surface area contributed by atoms with Crippen molar-refractivity contribution in [2.75, 3.05) is 6.61 Å². The zero-order valence-corrected chi connectivity index (χ0v) is 19.6. The van der Waals surface area contributed by atoms with Crippen molar-refractivity contribution in [2.45, 2.75) is 32.6 Å². The molecule has 34 heavy (non-hydrogen) atoms. The van der Waals surface area contributed by atoms with Crippen LogP contribution in [-0.4, -0.2) is 12.6 Å². The van der Waals surface area contributed by atoms with Gasteiger partial charge in [-0.15, -0.1) is 0 Å². The predicted molar refractivity (Wildman–Crippen MR) is 139 cm³/mol. The van der Waals surface area contributed by atoms with Crippen molar-refractivity contribution in [1.29, 1.82) is 0 Å². The molecule has 0 spiro atoms. The maximum atomic E-state index is 11.8. The molecule has 0 atom stereocenters. The van der Waals surface area contributed by atoms with E-state index in [1.54, 1.807) is 0 Å². The highest BCUT2D eigenvalue weighted by molar-refractivity contribution is 5.86. The van der Waals surface area contributed by atoms with Crippen LogP contribution in [0.25, 0.3) is 16.3 Å². The highest BCUT2D eigenvalue weighted by Gasteiger charge is 2.07. The number of carbonyl (C=O) groups is 1. The van der Waals surface area contributed by atoms with E-state index >= 15 is 0 Å². The highest BCUT2D eigenvalue weighted by atomic mass is 16.5. The molecule has 0 heterocycles. The summed E-state index contributed by atoms with van der Waals surface area (Å²) in [5.74, 6) is 1.51. The lowest BCUT2D eigenvalue weighted by molar-refractivity contribution is -0.142. The summed E-state index contributed by atoms with van der Waals surface area (Å²) in [5, 5.41) is 2.45. The second-order valence-electron chi connectivity index (χ2n) is 8.19. The smallest absolute Gasteiger partial charge is 0.306 e. The van der Waals surface area contributed by atoms with Crippen molar-refractivity contribution >= 4 is 22.3 Å². The quantitative estimate of drug-likeness (QED) is 0.230. The van der Waals surface area contributed by atoms with Crippen molar-refractivity contribution < 1.29 is 14.3 Å². The minimum Gasteiger partial charge on any atom is -0.466 e. The van der Waals surface area contributed by atoms with Gasteiger partial charge in [-0.3, -0.25) is 4.79 Å². The summed E-state index contributed by atoms with van der Waals surface area (Å²) < 4.78 is 11.0. The zero-order valence-electron chi connectivity index (χ0n) is 19.6. The Kier molecular flexibility index (Phi) is 8.13. The third-order valence-corrected chi connectivity index (χ3v) is 5.75. The number of hydrogen-bond acceptors (Lipinski definition) is 3. The van der Waals surface area contributed by atoms with Crippen LogP contribution in [0.1, 0.15) is 37.3 Å². The second kappa shape index (κ2) is 11.9. The summed E-state index contributed by atoms with van der Waals surface area (Å²) >= 11 is 0. The molecule has 4 aromatic rings. The third-order valence-electron chi connectivity index (χ3n) is 5.75. The maximum absolute atomic E-state index is 11.8. The fourth-order valence-electron chi connectivity index (χ4n) is 3.98. The van der Waals surface area contributed by atoms with Gasteiger partial charge < -0.3 is 9.47 Å². The van der Waals surface area contributed by atoms with E-state index in [1.165, 1.54) is 27.5 Å². The van der Waals surface area contributed by atoms with Gasteiger partial charge in [-0.05, 0) is 84.0 Å². The Bertz CT molecular complexity index is 1240. The molecular weight excluding hydrogens is 420 g/mol. The first-order valence-corrected chi connectivity index (χ1v) is 11.9. The fourth-order valence-corrected chi connectivity index (χ4v) is 3.98. The Hall–Kier alpha value is -3.85. The van der Waals surface area contributed by atoms with Gasteiger partial charge in [-0.2, -0.15) is 0 Å². The number of ether oxygens (including phenoxy) is 2. The first-order chi connectivity index (χ1) is 16.7. The van der Waals surface area contributed by atoms with E-state index in [2.05, 4.69) is 60.7 Å². The van der Waals surface area contributed by atoms with Crippen LogP contribution >= 0.6 is 0 Å². The van der Waals surface area contributed by atoms with Crippen LogP contribution < -0.4 is 4.74 Å². The molecule has 0 aromatic heterocycles. The van der Waals surface area contributed by atoms with Gasteiger partial charge in [-0.1, -0.05) is 72.8 Å². The summed E-state index contributed by atoms with van der Waals surface area (Å²) in [6.45, 7) is 2.26. The fraction of sp³-hybridized carbons (Fsp3) is 0.194. The lowest BCUT2D eigenvalue weighted by atomic mass is 9.95. The Morgan fingerprint density at radius 2 is 1.47 bits per heavy atom. The van der Waals surface area contributed by atoms with Crippen LogP contribution in [0.5, 0.6) is 11.5 Å². The third kappa shape index (κ3) is 6.58. The molecular formula is C31H30O3. The molecule has 0 aliphatic heterocycles. The van der Waals surface area contributed by atoms with Gasteiger partial charge >= 0.3 is 5.97 Å². The Labute approximate surface area is 201 Å². The number of hydrogen-bond donors (Lipinski definition) is 0. The number of allylic oxidation sites excluding steroid dienone is 2. The Morgan fingerprint density at radius 3 is 2.24 bits per heavy atom. The van der Waals surface area contributed by atoms with Gasteiger partial charge in [0.1, 0.15) is 11.5 Å². The van der Waals surface area contributed by atoms with E-state index in [-0.39, 0.29) is 5.97 Å². The van der Waals surface area contributed by atoms with E-state index in [9.17, 15) is 4.79 Å². The molecule has 4 aromatic carbocycles. The van der Waals surface area contributed by atoms with Gasteiger partial charge in [0, 0.05) is 6.42 Å². The Morgan fingerprint density at radius 1 is 0.765 bits per heavy atom. The predicted octanol–water partition coefficient (Wildman–Crippen LogP) is 7.99. The molecule has 0 bridgehead atoms. The van der Waals surface area contributed by atoms with Crippen LogP contribution in [0, 0.1) is 0 Å². The van der Waals surface area contributed by atoms with Crippen LogP contribution in [-0.2, 0) is 16.0 Å². The van der Waals surface area contributed by atoms with Crippen molar-refractivity contribution in [1.82, 2.24) is 0 Å². The van der Waals surface area contributed by atoms with E-state index in [0.717, 1.165) is 24.3 Å². The lowest BCUT2D eigenvalue weighted by Crippen LogP contribution is -2.02. The summed E-state index contributed by atoms with van der Waals surface area (Å²) in [7, 11) is 0. The summed E-state index contributed by atoms with van der Waals surface area (Å²) in [4.78, 5) is 11.8. The molecule has 0 saturated heterocycles. The SMILES string of the molecule is CCOC(=O)CC/C=C(/CCc1ccc(Oc2ccccc2)cc1)c1ccc2ccccc2c1. The number of benzene rings is 4. The average molecular weight is 451 g/mol. The van der Waals surface area contributed by atoms with Gasteiger partial charge in [0.15, 0.2) is 0 Å². The molecule has 0 radical (unpaired) electrons.